The molecule has 0 aromatic heterocycles. The van der Waals surface area contributed by atoms with Gasteiger partial charge in [0.25, 0.3) is 10.0 Å². The minimum Gasteiger partial charge on any atom is -0.456 e. The number of carbonyl (C=O) groups is 1. The Kier molecular flexibility index (Phi) is 4.36. The van der Waals surface area contributed by atoms with Crippen LogP contribution >= 0.6 is 11.6 Å². The molecule has 1 heterocycles. The van der Waals surface area contributed by atoms with Crippen LogP contribution in [0.5, 0.6) is 0 Å². The Morgan fingerprint density at radius 3 is 2.45 bits per heavy atom. The van der Waals surface area contributed by atoms with E-state index in [-0.39, 0.29) is 12.3 Å². The lowest BCUT2D eigenvalue weighted by molar-refractivity contribution is -0.137. The van der Waals surface area contributed by atoms with Gasteiger partial charge >= 0.3 is 12.1 Å². The van der Waals surface area contributed by atoms with Crippen molar-refractivity contribution in [2.75, 3.05) is 6.61 Å². The highest BCUT2D eigenvalue weighted by Gasteiger charge is 2.33. The summed E-state index contributed by atoms with van der Waals surface area (Å²) < 4.78 is 66.0. The van der Waals surface area contributed by atoms with E-state index in [0.717, 1.165) is 12.1 Å². The fourth-order valence-electron chi connectivity index (χ4n) is 1.53. The van der Waals surface area contributed by atoms with Crippen molar-refractivity contribution in [3.8, 4) is 0 Å². The molecule has 22 heavy (non-hydrogen) atoms. The number of hydrogen-bond donors (Lipinski definition) is 2. The van der Waals surface area contributed by atoms with Gasteiger partial charge < -0.3 is 10.2 Å². The molecule has 0 unspecified atom stereocenters. The second-order valence-corrected chi connectivity index (χ2v) is 6.24. The summed E-state index contributed by atoms with van der Waals surface area (Å²) in [6.45, 7) is -0.144. The van der Waals surface area contributed by atoms with Crippen LogP contribution in [0.3, 0.4) is 0 Å². The molecule has 0 saturated carbocycles. The van der Waals surface area contributed by atoms with Crippen LogP contribution in [0.2, 0.25) is 5.02 Å². The number of sulfonamides is 1. The quantitative estimate of drug-likeness (QED) is 0.632. The van der Waals surface area contributed by atoms with E-state index >= 15 is 0 Å². The van der Waals surface area contributed by atoms with Crippen LogP contribution in [0, 0.1) is 0 Å². The SMILES string of the molecule is O=C1C=C(NNS(=O)(=O)c2ccc(C(F)(F)F)c(Cl)c2)CO1. The molecule has 0 fully saturated rings. The van der Waals surface area contributed by atoms with Crippen molar-refractivity contribution in [2.45, 2.75) is 11.1 Å². The number of ether oxygens (including phenoxy) is 1. The molecule has 0 saturated heterocycles. The standard InChI is InChI=1S/C11H8ClF3N2O4S/c12-9-4-7(1-2-8(9)11(13,14)15)22(19,20)17-16-6-3-10(18)21-5-6/h1-4,16-17H,5H2. The third kappa shape index (κ3) is 3.70. The number of rotatable bonds is 4. The Morgan fingerprint density at radius 2 is 1.95 bits per heavy atom. The van der Waals surface area contributed by atoms with Gasteiger partial charge in [-0.1, -0.05) is 11.6 Å². The van der Waals surface area contributed by atoms with Gasteiger partial charge in [0.1, 0.15) is 6.61 Å². The summed E-state index contributed by atoms with van der Waals surface area (Å²) in [5.74, 6) is -0.640. The number of carbonyl (C=O) groups excluding carboxylic acids is 1. The topological polar surface area (TPSA) is 84.5 Å². The van der Waals surface area contributed by atoms with E-state index in [4.69, 9.17) is 11.6 Å². The maximum absolute atomic E-state index is 12.6. The highest BCUT2D eigenvalue weighted by Crippen LogP contribution is 2.35. The van der Waals surface area contributed by atoms with Crippen LogP contribution in [-0.2, 0) is 25.7 Å². The fraction of sp³-hybridized carbons (Fsp3) is 0.182. The summed E-state index contributed by atoms with van der Waals surface area (Å²) in [4.78, 5) is 12.2. The van der Waals surface area contributed by atoms with Crippen molar-refractivity contribution >= 4 is 27.6 Å². The molecule has 0 radical (unpaired) electrons. The lowest BCUT2D eigenvalue weighted by Crippen LogP contribution is -2.37. The predicted molar refractivity (Wildman–Crippen MR) is 69.0 cm³/mol. The summed E-state index contributed by atoms with van der Waals surface area (Å²) in [6.07, 6.45) is -3.65. The largest absolute Gasteiger partial charge is 0.456 e. The summed E-state index contributed by atoms with van der Waals surface area (Å²) in [5.41, 5.74) is 1.25. The molecule has 0 atom stereocenters. The number of cyclic esters (lactones) is 1. The van der Waals surface area contributed by atoms with Gasteiger partial charge in [0.05, 0.1) is 21.2 Å². The molecule has 2 rings (SSSR count). The first-order chi connectivity index (χ1) is 10.1. The van der Waals surface area contributed by atoms with E-state index in [0.29, 0.717) is 12.1 Å². The molecule has 2 N–H and O–H groups in total. The molecule has 1 aliphatic rings. The molecule has 1 aromatic rings. The molecular weight excluding hydrogens is 349 g/mol. The molecule has 0 spiro atoms. The highest BCUT2D eigenvalue weighted by molar-refractivity contribution is 7.89. The first-order valence-electron chi connectivity index (χ1n) is 5.61. The molecule has 6 nitrogen and oxygen atoms in total. The van der Waals surface area contributed by atoms with Crippen molar-refractivity contribution in [3.05, 3.63) is 40.6 Å². The number of halogens is 4. The van der Waals surface area contributed by atoms with Gasteiger partial charge in [0, 0.05) is 6.08 Å². The summed E-state index contributed by atoms with van der Waals surface area (Å²) >= 11 is 5.46. The zero-order chi connectivity index (χ0) is 16.5. The summed E-state index contributed by atoms with van der Waals surface area (Å²) in [7, 11) is -4.17. The smallest absolute Gasteiger partial charge is 0.417 e. The average molecular weight is 357 g/mol. The summed E-state index contributed by atoms with van der Waals surface area (Å²) in [6, 6.07) is 2.01. The van der Waals surface area contributed by atoms with Crippen LogP contribution in [0.1, 0.15) is 5.56 Å². The number of alkyl halides is 3. The van der Waals surface area contributed by atoms with Gasteiger partial charge in [0.2, 0.25) is 0 Å². The first kappa shape index (κ1) is 16.6. The lowest BCUT2D eigenvalue weighted by atomic mass is 10.2. The van der Waals surface area contributed by atoms with Crippen LogP contribution in [-0.4, -0.2) is 21.0 Å². The Hall–Kier alpha value is -1.78. The van der Waals surface area contributed by atoms with Crippen molar-refractivity contribution < 1.29 is 31.1 Å². The van der Waals surface area contributed by atoms with Crippen LogP contribution in [0.4, 0.5) is 13.2 Å². The number of hydrogen-bond acceptors (Lipinski definition) is 5. The third-order valence-electron chi connectivity index (χ3n) is 2.56. The monoisotopic (exact) mass is 356 g/mol. The maximum atomic E-state index is 12.6. The maximum Gasteiger partial charge on any atom is 0.417 e. The molecule has 0 aliphatic carbocycles. The number of hydrazine groups is 1. The Labute approximate surface area is 127 Å². The second-order valence-electron chi connectivity index (χ2n) is 4.15. The van der Waals surface area contributed by atoms with Crippen molar-refractivity contribution in [2.24, 2.45) is 0 Å². The molecule has 11 heteroatoms. The third-order valence-corrected chi connectivity index (χ3v) is 4.12. The van der Waals surface area contributed by atoms with Gasteiger partial charge in [-0.25, -0.2) is 13.2 Å². The lowest BCUT2D eigenvalue weighted by Gasteiger charge is -2.12. The normalized spacial score (nSPS) is 15.5. The molecule has 0 bridgehead atoms. The van der Waals surface area contributed by atoms with E-state index in [2.05, 4.69) is 10.2 Å². The van der Waals surface area contributed by atoms with Gasteiger partial charge in [0.15, 0.2) is 0 Å². The second kappa shape index (κ2) is 5.78. The zero-order valence-corrected chi connectivity index (χ0v) is 12.1. The summed E-state index contributed by atoms with van der Waals surface area (Å²) in [5, 5.41) is -0.742. The van der Waals surface area contributed by atoms with Crippen molar-refractivity contribution in [1.82, 2.24) is 10.3 Å². The predicted octanol–water partition coefficient (Wildman–Crippen LogP) is 1.58. The highest BCUT2D eigenvalue weighted by atomic mass is 35.5. The van der Waals surface area contributed by atoms with E-state index in [1.165, 1.54) is 0 Å². The zero-order valence-electron chi connectivity index (χ0n) is 10.6. The molecule has 1 aromatic carbocycles. The van der Waals surface area contributed by atoms with Crippen LogP contribution < -0.4 is 10.3 Å². The van der Waals surface area contributed by atoms with Crippen molar-refractivity contribution in [3.63, 3.8) is 0 Å². The Bertz CT molecular complexity index is 746. The van der Waals surface area contributed by atoms with Gasteiger partial charge in [-0.15, -0.1) is 4.83 Å². The van der Waals surface area contributed by atoms with Gasteiger partial charge in [-0.3, -0.25) is 0 Å². The molecular formula is C11H8ClF3N2O4S. The first-order valence-corrected chi connectivity index (χ1v) is 7.47. The molecule has 1 aliphatic heterocycles. The molecule has 120 valence electrons. The van der Waals surface area contributed by atoms with E-state index in [9.17, 15) is 26.4 Å². The van der Waals surface area contributed by atoms with E-state index < -0.39 is 37.7 Å². The van der Waals surface area contributed by atoms with Gasteiger partial charge in [-0.2, -0.15) is 13.2 Å². The Balaban J connectivity index is 2.18. The number of nitrogens with one attached hydrogen (secondary N) is 2. The van der Waals surface area contributed by atoms with Crippen LogP contribution in [0.15, 0.2) is 34.9 Å². The average Bonchev–Trinajstić information content (AvgIpc) is 2.81. The van der Waals surface area contributed by atoms with E-state index in [1.807, 2.05) is 4.83 Å². The minimum absolute atomic E-state index is 0.144. The fourth-order valence-corrected chi connectivity index (χ4v) is 2.79. The Morgan fingerprint density at radius 1 is 1.27 bits per heavy atom. The van der Waals surface area contributed by atoms with Crippen LogP contribution in [0.25, 0.3) is 0 Å². The van der Waals surface area contributed by atoms with Crippen molar-refractivity contribution in [1.29, 1.82) is 0 Å². The number of benzene rings is 1. The van der Waals surface area contributed by atoms with E-state index in [1.54, 1.807) is 0 Å². The molecule has 0 amide bonds. The van der Waals surface area contributed by atoms with Gasteiger partial charge in [-0.05, 0) is 18.2 Å². The minimum atomic E-state index is -4.68. The number of esters is 1.